The number of fused-ring (bicyclic) bond motifs is 1. The molecule has 2 heterocycles. The predicted molar refractivity (Wildman–Crippen MR) is 85.4 cm³/mol. The Hall–Kier alpha value is -2.84. The second-order valence-corrected chi connectivity index (χ2v) is 5.38. The quantitative estimate of drug-likeness (QED) is 0.759. The van der Waals surface area contributed by atoms with E-state index in [0.29, 0.717) is 16.9 Å². The SMILES string of the molecule is CCOc1ccc(C(C)Nc2ccc3nnc(C(F)(F)F)n3n2)cc1. The average molecular weight is 351 g/mol. The Morgan fingerprint density at radius 3 is 2.48 bits per heavy atom. The van der Waals surface area contributed by atoms with Crippen LogP contribution in [-0.4, -0.2) is 26.4 Å². The first-order chi connectivity index (χ1) is 11.9. The van der Waals surface area contributed by atoms with Crippen molar-refractivity contribution in [1.82, 2.24) is 19.8 Å². The Balaban J connectivity index is 1.82. The maximum atomic E-state index is 12.9. The van der Waals surface area contributed by atoms with E-state index in [4.69, 9.17) is 4.74 Å². The van der Waals surface area contributed by atoms with Gasteiger partial charge < -0.3 is 10.1 Å². The Morgan fingerprint density at radius 1 is 1.12 bits per heavy atom. The van der Waals surface area contributed by atoms with E-state index in [1.54, 1.807) is 6.07 Å². The van der Waals surface area contributed by atoms with Crippen molar-refractivity contribution in [3.05, 3.63) is 47.8 Å². The van der Waals surface area contributed by atoms with Crippen LogP contribution >= 0.6 is 0 Å². The zero-order valence-corrected chi connectivity index (χ0v) is 13.6. The molecular weight excluding hydrogens is 335 g/mol. The molecule has 0 aliphatic heterocycles. The van der Waals surface area contributed by atoms with Gasteiger partial charge >= 0.3 is 6.18 Å². The van der Waals surface area contributed by atoms with E-state index >= 15 is 0 Å². The molecule has 0 saturated carbocycles. The molecule has 25 heavy (non-hydrogen) atoms. The molecule has 0 fully saturated rings. The van der Waals surface area contributed by atoms with Crippen LogP contribution in [0.2, 0.25) is 0 Å². The van der Waals surface area contributed by atoms with Gasteiger partial charge in [-0.25, -0.2) is 0 Å². The third-order valence-electron chi connectivity index (χ3n) is 3.57. The summed E-state index contributed by atoms with van der Waals surface area (Å²) in [6.45, 7) is 4.37. The summed E-state index contributed by atoms with van der Waals surface area (Å²) in [4.78, 5) is 0. The number of rotatable bonds is 5. The summed E-state index contributed by atoms with van der Waals surface area (Å²) in [6.07, 6.45) is -4.62. The van der Waals surface area contributed by atoms with E-state index in [1.165, 1.54) is 6.07 Å². The van der Waals surface area contributed by atoms with Gasteiger partial charge in [-0.05, 0) is 43.7 Å². The molecule has 132 valence electrons. The zero-order valence-electron chi connectivity index (χ0n) is 13.6. The van der Waals surface area contributed by atoms with E-state index in [1.807, 2.05) is 38.1 Å². The first-order valence-corrected chi connectivity index (χ1v) is 7.67. The van der Waals surface area contributed by atoms with Crippen LogP contribution in [0.15, 0.2) is 36.4 Å². The highest BCUT2D eigenvalue weighted by Gasteiger charge is 2.37. The van der Waals surface area contributed by atoms with E-state index < -0.39 is 12.0 Å². The molecule has 0 aliphatic carbocycles. The fourth-order valence-electron chi connectivity index (χ4n) is 2.37. The van der Waals surface area contributed by atoms with Crippen molar-refractivity contribution in [2.45, 2.75) is 26.1 Å². The first-order valence-electron chi connectivity index (χ1n) is 7.67. The maximum Gasteiger partial charge on any atom is 0.453 e. The van der Waals surface area contributed by atoms with Crippen molar-refractivity contribution in [2.75, 3.05) is 11.9 Å². The molecule has 0 spiro atoms. The summed E-state index contributed by atoms with van der Waals surface area (Å²) in [5.74, 6) is -0.101. The van der Waals surface area contributed by atoms with Crippen LogP contribution in [0.25, 0.3) is 5.65 Å². The third-order valence-corrected chi connectivity index (χ3v) is 3.57. The summed E-state index contributed by atoms with van der Waals surface area (Å²) in [5, 5.41) is 13.7. The number of aromatic nitrogens is 4. The highest BCUT2D eigenvalue weighted by Crippen LogP contribution is 2.28. The van der Waals surface area contributed by atoms with Crippen molar-refractivity contribution in [2.24, 2.45) is 0 Å². The molecule has 0 saturated heterocycles. The van der Waals surface area contributed by atoms with Crippen molar-refractivity contribution >= 4 is 11.5 Å². The second-order valence-electron chi connectivity index (χ2n) is 5.38. The number of nitrogens with one attached hydrogen (secondary N) is 1. The van der Waals surface area contributed by atoms with Gasteiger partial charge in [0.05, 0.1) is 12.6 Å². The molecule has 0 radical (unpaired) electrons. The molecule has 1 aromatic carbocycles. The molecule has 0 bridgehead atoms. The molecule has 1 N–H and O–H groups in total. The zero-order chi connectivity index (χ0) is 18.0. The van der Waals surface area contributed by atoms with E-state index in [0.717, 1.165) is 11.3 Å². The first kappa shape index (κ1) is 17.0. The average Bonchev–Trinajstić information content (AvgIpc) is 2.99. The minimum Gasteiger partial charge on any atom is -0.494 e. The minimum absolute atomic E-state index is 0.0339. The van der Waals surface area contributed by atoms with Gasteiger partial charge in [0.15, 0.2) is 5.65 Å². The van der Waals surface area contributed by atoms with Crippen LogP contribution in [0, 0.1) is 0 Å². The lowest BCUT2D eigenvalue weighted by atomic mass is 10.1. The Labute approximate surface area is 141 Å². The number of anilines is 1. The summed E-state index contributed by atoms with van der Waals surface area (Å²) in [5.41, 5.74) is 0.983. The van der Waals surface area contributed by atoms with E-state index in [-0.39, 0.29) is 11.7 Å². The normalized spacial score (nSPS) is 13.0. The standard InChI is InChI=1S/C16H16F3N5O/c1-3-25-12-6-4-11(5-7-12)10(2)20-13-8-9-14-21-22-15(16(17,18)19)24(14)23-13/h4-10H,3H2,1-2H3,(H,20,23). The number of halogens is 3. The predicted octanol–water partition coefficient (Wildman–Crippen LogP) is 3.71. The highest BCUT2D eigenvalue weighted by atomic mass is 19.4. The van der Waals surface area contributed by atoms with Crippen LogP contribution < -0.4 is 10.1 Å². The summed E-state index contributed by atoms with van der Waals surface area (Å²) in [6, 6.07) is 10.3. The monoisotopic (exact) mass is 351 g/mol. The molecule has 1 atom stereocenters. The Morgan fingerprint density at radius 2 is 1.84 bits per heavy atom. The van der Waals surface area contributed by atoms with Gasteiger partial charge in [-0.2, -0.15) is 17.7 Å². The molecule has 2 aromatic heterocycles. The third kappa shape index (κ3) is 3.65. The van der Waals surface area contributed by atoms with Gasteiger partial charge in [0.2, 0.25) is 0 Å². The van der Waals surface area contributed by atoms with Gasteiger partial charge in [-0.1, -0.05) is 12.1 Å². The summed E-state index contributed by atoms with van der Waals surface area (Å²) in [7, 11) is 0. The van der Waals surface area contributed by atoms with Crippen molar-refractivity contribution in [3.63, 3.8) is 0 Å². The number of hydrogen-bond acceptors (Lipinski definition) is 5. The minimum atomic E-state index is -4.62. The number of alkyl halides is 3. The maximum absolute atomic E-state index is 12.9. The van der Waals surface area contributed by atoms with Crippen LogP contribution in [0.1, 0.15) is 31.3 Å². The number of nitrogens with zero attached hydrogens (tertiary/aromatic N) is 4. The van der Waals surface area contributed by atoms with Crippen molar-refractivity contribution in [3.8, 4) is 5.75 Å². The summed E-state index contributed by atoms with van der Waals surface area (Å²) >= 11 is 0. The molecule has 0 amide bonds. The second kappa shape index (κ2) is 6.58. The number of hydrogen-bond donors (Lipinski definition) is 1. The molecular formula is C16H16F3N5O. The van der Waals surface area contributed by atoms with Crippen LogP contribution in [0.4, 0.5) is 19.0 Å². The lowest BCUT2D eigenvalue weighted by Gasteiger charge is -2.15. The molecule has 1 unspecified atom stereocenters. The Kier molecular flexibility index (Phi) is 4.47. The number of ether oxygens (including phenoxy) is 1. The van der Waals surface area contributed by atoms with Crippen molar-refractivity contribution in [1.29, 1.82) is 0 Å². The topological polar surface area (TPSA) is 64.3 Å². The smallest absolute Gasteiger partial charge is 0.453 e. The summed E-state index contributed by atoms with van der Waals surface area (Å²) < 4.78 is 44.8. The molecule has 3 aromatic rings. The fourth-order valence-corrected chi connectivity index (χ4v) is 2.37. The molecule has 3 rings (SSSR count). The number of benzene rings is 1. The largest absolute Gasteiger partial charge is 0.494 e. The van der Waals surface area contributed by atoms with Crippen LogP contribution in [0.3, 0.4) is 0 Å². The van der Waals surface area contributed by atoms with Crippen molar-refractivity contribution < 1.29 is 17.9 Å². The van der Waals surface area contributed by atoms with Gasteiger partial charge in [0.1, 0.15) is 11.6 Å². The lowest BCUT2D eigenvalue weighted by molar-refractivity contribution is -0.146. The molecule has 9 heteroatoms. The fraction of sp³-hybridized carbons (Fsp3) is 0.312. The molecule has 0 aliphatic rings. The Bertz CT molecular complexity index is 860. The lowest BCUT2D eigenvalue weighted by Crippen LogP contribution is -2.14. The van der Waals surface area contributed by atoms with E-state index in [2.05, 4.69) is 20.6 Å². The van der Waals surface area contributed by atoms with Gasteiger partial charge in [0.25, 0.3) is 5.82 Å². The van der Waals surface area contributed by atoms with Gasteiger partial charge in [-0.15, -0.1) is 15.3 Å². The van der Waals surface area contributed by atoms with Crippen LogP contribution in [0.5, 0.6) is 5.75 Å². The van der Waals surface area contributed by atoms with Gasteiger partial charge in [-0.3, -0.25) is 0 Å². The highest BCUT2D eigenvalue weighted by molar-refractivity contribution is 5.45. The van der Waals surface area contributed by atoms with E-state index in [9.17, 15) is 13.2 Å². The van der Waals surface area contributed by atoms with Crippen LogP contribution in [-0.2, 0) is 6.18 Å². The molecule has 6 nitrogen and oxygen atoms in total. The van der Waals surface area contributed by atoms with Gasteiger partial charge in [0, 0.05) is 0 Å².